The second kappa shape index (κ2) is 5.67. The summed E-state index contributed by atoms with van der Waals surface area (Å²) in [5.41, 5.74) is 0. The maximum atomic E-state index is 10.3. The first kappa shape index (κ1) is 12.6. The molecule has 2 rings (SSSR count). The van der Waals surface area contributed by atoms with Crippen molar-refractivity contribution in [2.45, 2.75) is 70.4 Å². The van der Waals surface area contributed by atoms with E-state index in [4.69, 9.17) is 0 Å². The second-order valence-corrected chi connectivity index (χ2v) is 5.47. The number of hydrogen-bond acceptors (Lipinski definition) is 2. The Morgan fingerprint density at radius 2 is 1.94 bits per heavy atom. The minimum Gasteiger partial charge on any atom is -0.391 e. The number of aliphatic hydroxyl groups excluding tert-OH is 1. The molecule has 96 valence electrons. The van der Waals surface area contributed by atoms with Crippen molar-refractivity contribution in [3.63, 3.8) is 0 Å². The van der Waals surface area contributed by atoms with Gasteiger partial charge in [0.05, 0.1) is 12.1 Å². The highest BCUT2D eigenvalue weighted by Gasteiger charge is 2.24. The van der Waals surface area contributed by atoms with Gasteiger partial charge >= 0.3 is 0 Å². The summed E-state index contributed by atoms with van der Waals surface area (Å²) < 4.78 is 2.21. The Morgan fingerprint density at radius 3 is 2.65 bits per heavy atom. The molecule has 0 aromatic carbocycles. The molecule has 3 nitrogen and oxygen atoms in total. The molecule has 2 atom stereocenters. The average molecular weight is 236 g/mol. The lowest BCUT2D eigenvalue weighted by Crippen LogP contribution is -2.26. The zero-order valence-electron chi connectivity index (χ0n) is 11.0. The van der Waals surface area contributed by atoms with Crippen LogP contribution >= 0.6 is 0 Å². The standard InChI is InChI=1S/C14H24N2O/c1-11(2)14-15-9-10-16(14)12-7-5-3-4-6-8-13(12)17/h9-13,17H,3-8H2,1-2H3. The third-order valence-electron chi connectivity index (χ3n) is 3.77. The molecule has 1 fully saturated rings. The average Bonchev–Trinajstić information content (AvgIpc) is 2.73. The summed E-state index contributed by atoms with van der Waals surface area (Å²) in [6, 6.07) is 0.232. The molecule has 1 aromatic heterocycles. The van der Waals surface area contributed by atoms with Gasteiger partial charge in [-0.2, -0.15) is 0 Å². The molecule has 17 heavy (non-hydrogen) atoms. The summed E-state index contributed by atoms with van der Waals surface area (Å²) in [7, 11) is 0. The second-order valence-electron chi connectivity index (χ2n) is 5.47. The van der Waals surface area contributed by atoms with Crippen LogP contribution in [0.2, 0.25) is 0 Å². The van der Waals surface area contributed by atoms with E-state index in [9.17, 15) is 5.11 Å². The van der Waals surface area contributed by atoms with Gasteiger partial charge in [0.1, 0.15) is 5.82 Å². The lowest BCUT2D eigenvalue weighted by molar-refractivity contribution is 0.0868. The van der Waals surface area contributed by atoms with Crippen molar-refractivity contribution in [1.82, 2.24) is 9.55 Å². The van der Waals surface area contributed by atoms with Crippen molar-refractivity contribution in [2.75, 3.05) is 0 Å². The summed E-state index contributed by atoms with van der Waals surface area (Å²) in [6.07, 6.45) is 10.6. The number of nitrogens with zero attached hydrogens (tertiary/aromatic N) is 2. The minimum atomic E-state index is -0.206. The van der Waals surface area contributed by atoms with Crippen molar-refractivity contribution in [3.8, 4) is 0 Å². The SMILES string of the molecule is CC(C)c1nccn1C1CCCCCCC1O. The smallest absolute Gasteiger partial charge is 0.111 e. The highest BCUT2D eigenvalue weighted by Crippen LogP contribution is 2.29. The largest absolute Gasteiger partial charge is 0.391 e. The van der Waals surface area contributed by atoms with E-state index in [1.54, 1.807) is 0 Å². The molecule has 1 aliphatic rings. The first-order chi connectivity index (χ1) is 8.20. The summed E-state index contributed by atoms with van der Waals surface area (Å²) in [5.74, 6) is 1.53. The van der Waals surface area contributed by atoms with Crippen LogP contribution in [0.4, 0.5) is 0 Å². The van der Waals surface area contributed by atoms with Gasteiger partial charge in [-0.3, -0.25) is 0 Å². The van der Waals surface area contributed by atoms with Crippen LogP contribution in [0.25, 0.3) is 0 Å². The van der Waals surface area contributed by atoms with Crippen molar-refractivity contribution >= 4 is 0 Å². The Morgan fingerprint density at radius 1 is 1.24 bits per heavy atom. The molecule has 1 aliphatic carbocycles. The summed E-state index contributed by atoms with van der Waals surface area (Å²) in [5, 5.41) is 10.3. The van der Waals surface area contributed by atoms with E-state index in [2.05, 4.69) is 23.4 Å². The molecule has 0 aliphatic heterocycles. The van der Waals surface area contributed by atoms with Gasteiger partial charge in [0, 0.05) is 18.3 Å². The molecule has 1 aromatic rings. The molecule has 0 saturated heterocycles. The van der Waals surface area contributed by atoms with E-state index in [1.165, 1.54) is 19.3 Å². The third-order valence-corrected chi connectivity index (χ3v) is 3.77. The first-order valence-electron chi connectivity index (χ1n) is 6.91. The molecule has 0 bridgehead atoms. The molecule has 2 unspecified atom stereocenters. The van der Waals surface area contributed by atoms with Gasteiger partial charge in [0.15, 0.2) is 0 Å². The van der Waals surface area contributed by atoms with Gasteiger partial charge in [0.25, 0.3) is 0 Å². The van der Waals surface area contributed by atoms with Crippen LogP contribution < -0.4 is 0 Å². The van der Waals surface area contributed by atoms with Crippen molar-refractivity contribution in [3.05, 3.63) is 18.2 Å². The van der Waals surface area contributed by atoms with Gasteiger partial charge in [0.2, 0.25) is 0 Å². The summed E-state index contributed by atoms with van der Waals surface area (Å²) >= 11 is 0. The number of aromatic nitrogens is 2. The fourth-order valence-electron chi connectivity index (χ4n) is 2.82. The van der Waals surface area contributed by atoms with E-state index >= 15 is 0 Å². The van der Waals surface area contributed by atoms with Crippen molar-refractivity contribution < 1.29 is 5.11 Å². The Balaban J connectivity index is 2.19. The number of imidazole rings is 1. The number of rotatable bonds is 2. The molecular formula is C14H24N2O. The highest BCUT2D eigenvalue weighted by molar-refractivity contribution is 5.01. The normalized spacial score (nSPS) is 26.8. The lowest BCUT2D eigenvalue weighted by Gasteiger charge is -2.28. The molecular weight excluding hydrogens is 212 g/mol. The Bertz CT molecular complexity index is 346. The zero-order valence-corrected chi connectivity index (χ0v) is 11.0. The fourth-order valence-corrected chi connectivity index (χ4v) is 2.82. The first-order valence-corrected chi connectivity index (χ1v) is 6.91. The lowest BCUT2D eigenvalue weighted by atomic mass is 9.94. The monoisotopic (exact) mass is 236 g/mol. The van der Waals surface area contributed by atoms with Crippen LogP contribution in [0.1, 0.15) is 70.2 Å². The molecule has 0 amide bonds. The zero-order chi connectivity index (χ0) is 12.3. The predicted octanol–water partition coefficient (Wildman–Crippen LogP) is 3.26. The molecule has 1 N–H and O–H groups in total. The summed E-state index contributed by atoms with van der Waals surface area (Å²) in [6.45, 7) is 4.32. The van der Waals surface area contributed by atoms with Crippen LogP contribution in [0.5, 0.6) is 0 Å². The van der Waals surface area contributed by atoms with Crippen molar-refractivity contribution in [1.29, 1.82) is 0 Å². The molecule has 3 heteroatoms. The number of hydrogen-bond donors (Lipinski definition) is 1. The fraction of sp³-hybridized carbons (Fsp3) is 0.786. The van der Waals surface area contributed by atoms with Gasteiger partial charge in [-0.05, 0) is 12.8 Å². The van der Waals surface area contributed by atoms with Crippen LogP contribution in [0.3, 0.4) is 0 Å². The maximum Gasteiger partial charge on any atom is 0.111 e. The highest BCUT2D eigenvalue weighted by atomic mass is 16.3. The summed E-state index contributed by atoms with van der Waals surface area (Å²) in [4.78, 5) is 4.43. The quantitative estimate of drug-likeness (QED) is 0.856. The Kier molecular flexibility index (Phi) is 4.21. The molecule has 0 spiro atoms. The molecule has 0 radical (unpaired) electrons. The van der Waals surface area contributed by atoms with E-state index in [0.717, 1.165) is 25.1 Å². The van der Waals surface area contributed by atoms with E-state index in [1.807, 2.05) is 12.4 Å². The van der Waals surface area contributed by atoms with Crippen LogP contribution in [0, 0.1) is 0 Å². The van der Waals surface area contributed by atoms with Gasteiger partial charge in [-0.1, -0.05) is 39.5 Å². The predicted molar refractivity (Wildman–Crippen MR) is 69.1 cm³/mol. The topological polar surface area (TPSA) is 38.0 Å². The van der Waals surface area contributed by atoms with Gasteiger partial charge in [-0.15, -0.1) is 0 Å². The third kappa shape index (κ3) is 2.89. The van der Waals surface area contributed by atoms with E-state index < -0.39 is 0 Å². The Hall–Kier alpha value is -0.830. The molecule has 1 saturated carbocycles. The van der Waals surface area contributed by atoms with Crippen LogP contribution in [0.15, 0.2) is 12.4 Å². The maximum absolute atomic E-state index is 10.3. The van der Waals surface area contributed by atoms with Crippen LogP contribution in [-0.2, 0) is 0 Å². The van der Waals surface area contributed by atoms with Crippen molar-refractivity contribution in [2.24, 2.45) is 0 Å². The van der Waals surface area contributed by atoms with Crippen LogP contribution in [-0.4, -0.2) is 20.8 Å². The van der Waals surface area contributed by atoms with Gasteiger partial charge < -0.3 is 9.67 Å². The van der Waals surface area contributed by atoms with E-state index in [0.29, 0.717) is 5.92 Å². The van der Waals surface area contributed by atoms with Gasteiger partial charge in [-0.25, -0.2) is 4.98 Å². The minimum absolute atomic E-state index is 0.206. The molecule has 1 heterocycles. The number of aliphatic hydroxyl groups is 1. The van der Waals surface area contributed by atoms with E-state index in [-0.39, 0.29) is 12.1 Å². The Labute approximate surface area is 104 Å².